The number of carbonyl (C=O) groups excluding carboxylic acids is 1. The first-order valence-corrected chi connectivity index (χ1v) is 9.24. The minimum Gasteiger partial charge on any atom is -0.497 e. The summed E-state index contributed by atoms with van der Waals surface area (Å²) in [5, 5.41) is 6.44. The van der Waals surface area contributed by atoms with Gasteiger partial charge in [-0.3, -0.25) is 4.79 Å². The van der Waals surface area contributed by atoms with Crippen molar-refractivity contribution >= 4 is 49.1 Å². The summed E-state index contributed by atoms with van der Waals surface area (Å²) in [5.41, 5.74) is 1.89. The minimum atomic E-state index is -0.0178. The Hall–Kier alpha value is -2.19. The molecular weight excluding hydrogens is 344 g/mol. The fourth-order valence-corrected chi connectivity index (χ4v) is 4.28. The molecule has 3 heterocycles. The van der Waals surface area contributed by atoms with Gasteiger partial charge in [-0.2, -0.15) is 0 Å². The lowest BCUT2D eigenvalue weighted by Crippen LogP contribution is -2.52. The summed E-state index contributed by atoms with van der Waals surface area (Å²) in [7, 11) is 1.66. The standard InChI is InChI=1S/C16H16N4O2S2/c1-9-8-23-15(17-9)19-14(21)10-6-20(7-10)16-18-12-4-3-11(22-2)5-13(12)24-16/h3-5,8,10H,6-7H2,1-2H3,(H,17,19,21). The summed E-state index contributed by atoms with van der Waals surface area (Å²) in [6.45, 7) is 3.29. The van der Waals surface area contributed by atoms with Crippen molar-refractivity contribution in [1.82, 2.24) is 9.97 Å². The van der Waals surface area contributed by atoms with E-state index in [1.165, 1.54) is 11.3 Å². The lowest BCUT2D eigenvalue weighted by Gasteiger charge is -2.37. The Kier molecular flexibility index (Phi) is 3.85. The third kappa shape index (κ3) is 2.83. The molecule has 0 spiro atoms. The summed E-state index contributed by atoms with van der Waals surface area (Å²) in [6, 6.07) is 5.86. The molecule has 0 aliphatic carbocycles. The van der Waals surface area contributed by atoms with E-state index < -0.39 is 0 Å². The summed E-state index contributed by atoms with van der Waals surface area (Å²) >= 11 is 3.08. The normalized spacial score (nSPS) is 14.7. The van der Waals surface area contributed by atoms with Gasteiger partial charge < -0.3 is 15.0 Å². The van der Waals surface area contributed by atoms with Gasteiger partial charge in [0.2, 0.25) is 5.91 Å². The molecule has 124 valence electrons. The van der Waals surface area contributed by atoms with Crippen LogP contribution in [0.1, 0.15) is 5.69 Å². The van der Waals surface area contributed by atoms with Gasteiger partial charge in [0, 0.05) is 18.5 Å². The van der Waals surface area contributed by atoms with E-state index in [1.807, 2.05) is 30.5 Å². The van der Waals surface area contributed by atoms with Crippen LogP contribution in [0, 0.1) is 12.8 Å². The number of carbonyl (C=O) groups is 1. The molecule has 24 heavy (non-hydrogen) atoms. The Balaban J connectivity index is 1.40. The van der Waals surface area contributed by atoms with Gasteiger partial charge in [-0.15, -0.1) is 11.3 Å². The molecule has 1 fully saturated rings. The van der Waals surface area contributed by atoms with Crippen LogP contribution in [0.15, 0.2) is 23.6 Å². The zero-order valence-electron chi connectivity index (χ0n) is 13.3. The van der Waals surface area contributed by atoms with Crippen molar-refractivity contribution in [2.75, 3.05) is 30.4 Å². The number of amides is 1. The number of hydrogen-bond donors (Lipinski definition) is 1. The predicted octanol–water partition coefficient (Wildman–Crippen LogP) is 3.14. The minimum absolute atomic E-state index is 0.0178. The van der Waals surface area contributed by atoms with Crippen LogP contribution in [0.25, 0.3) is 10.2 Å². The highest BCUT2D eigenvalue weighted by Gasteiger charge is 2.34. The summed E-state index contributed by atoms with van der Waals surface area (Å²) < 4.78 is 6.34. The van der Waals surface area contributed by atoms with Crippen molar-refractivity contribution in [3.8, 4) is 5.75 Å². The summed E-state index contributed by atoms with van der Waals surface area (Å²) in [6.07, 6.45) is 0. The number of nitrogens with one attached hydrogen (secondary N) is 1. The quantitative estimate of drug-likeness (QED) is 0.774. The van der Waals surface area contributed by atoms with Crippen LogP contribution in [0.4, 0.5) is 10.3 Å². The van der Waals surface area contributed by atoms with Gasteiger partial charge in [0.05, 0.1) is 28.9 Å². The fraction of sp³-hybridized carbons (Fsp3) is 0.312. The van der Waals surface area contributed by atoms with E-state index in [9.17, 15) is 4.79 Å². The lowest BCUT2D eigenvalue weighted by molar-refractivity contribution is -0.120. The van der Waals surface area contributed by atoms with Crippen LogP contribution < -0.4 is 15.0 Å². The Bertz CT molecular complexity index is 899. The van der Waals surface area contributed by atoms with Gasteiger partial charge >= 0.3 is 0 Å². The number of fused-ring (bicyclic) bond motifs is 1. The lowest BCUT2D eigenvalue weighted by atomic mass is 10.0. The highest BCUT2D eigenvalue weighted by molar-refractivity contribution is 7.22. The zero-order valence-corrected chi connectivity index (χ0v) is 14.9. The highest BCUT2D eigenvalue weighted by Crippen LogP contribution is 2.34. The number of aryl methyl sites for hydroxylation is 1. The molecule has 3 aromatic rings. The molecule has 1 aliphatic heterocycles. The molecule has 1 aliphatic rings. The van der Waals surface area contributed by atoms with Crippen molar-refractivity contribution in [3.63, 3.8) is 0 Å². The van der Waals surface area contributed by atoms with Crippen LogP contribution in [0.5, 0.6) is 5.75 Å². The molecule has 0 unspecified atom stereocenters. The number of nitrogens with zero attached hydrogens (tertiary/aromatic N) is 3. The SMILES string of the molecule is COc1ccc2nc(N3CC(C(=O)Nc4nc(C)cs4)C3)sc2c1. The second-order valence-corrected chi connectivity index (χ2v) is 7.58. The predicted molar refractivity (Wildman–Crippen MR) is 97.4 cm³/mol. The van der Waals surface area contributed by atoms with Gasteiger partial charge in [-0.05, 0) is 25.1 Å². The number of ether oxygens (including phenoxy) is 1. The molecule has 1 saturated heterocycles. The third-order valence-corrected chi connectivity index (χ3v) is 5.91. The monoisotopic (exact) mass is 360 g/mol. The van der Waals surface area contributed by atoms with E-state index in [0.29, 0.717) is 18.2 Å². The molecule has 2 aromatic heterocycles. The number of benzene rings is 1. The molecular formula is C16H16N4O2S2. The smallest absolute Gasteiger partial charge is 0.232 e. The average Bonchev–Trinajstić information content (AvgIpc) is 3.10. The zero-order chi connectivity index (χ0) is 16.7. The van der Waals surface area contributed by atoms with E-state index in [2.05, 4.69) is 20.2 Å². The maximum Gasteiger partial charge on any atom is 0.232 e. The molecule has 0 saturated carbocycles. The van der Waals surface area contributed by atoms with E-state index in [-0.39, 0.29) is 11.8 Å². The molecule has 4 rings (SSSR count). The largest absolute Gasteiger partial charge is 0.497 e. The Labute approximate surface area is 147 Å². The van der Waals surface area contributed by atoms with Crippen LogP contribution in [-0.4, -0.2) is 36.1 Å². The first kappa shape index (κ1) is 15.3. The van der Waals surface area contributed by atoms with Crippen molar-refractivity contribution in [2.24, 2.45) is 5.92 Å². The van der Waals surface area contributed by atoms with E-state index >= 15 is 0 Å². The second-order valence-electron chi connectivity index (χ2n) is 5.72. The average molecular weight is 360 g/mol. The number of rotatable bonds is 4. The van der Waals surface area contributed by atoms with Crippen molar-refractivity contribution in [1.29, 1.82) is 0 Å². The van der Waals surface area contributed by atoms with Gasteiger partial charge in [-0.1, -0.05) is 11.3 Å². The maximum atomic E-state index is 12.2. The Morgan fingerprint density at radius 3 is 2.92 bits per heavy atom. The van der Waals surface area contributed by atoms with Crippen LogP contribution in [-0.2, 0) is 4.79 Å². The van der Waals surface area contributed by atoms with E-state index in [4.69, 9.17) is 4.74 Å². The molecule has 6 nitrogen and oxygen atoms in total. The number of anilines is 2. The van der Waals surface area contributed by atoms with Gasteiger partial charge in [-0.25, -0.2) is 9.97 Å². The van der Waals surface area contributed by atoms with Crippen molar-refractivity contribution in [3.05, 3.63) is 29.3 Å². The molecule has 1 aromatic carbocycles. The number of aromatic nitrogens is 2. The number of hydrogen-bond acceptors (Lipinski definition) is 7. The Morgan fingerprint density at radius 1 is 1.38 bits per heavy atom. The Morgan fingerprint density at radius 2 is 2.21 bits per heavy atom. The molecule has 8 heteroatoms. The molecule has 0 atom stereocenters. The molecule has 0 radical (unpaired) electrons. The highest BCUT2D eigenvalue weighted by atomic mass is 32.1. The third-order valence-electron chi connectivity index (χ3n) is 3.96. The first-order valence-electron chi connectivity index (χ1n) is 7.55. The number of thiazole rings is 2. The van der Waals surface area contributed by atoms with Gasteiger partial charge in [0.25, 0.3) is 0 Å². The second kappa shape index (κ2) is 6.03. The molecule has 1 amide bonds. The van der Waals surface area contributed by atoms with E-state index in [1.54, 1.807) is 18.4 Å². The summed E-state index contributed by atoms with van der Waals surface area (Å²) in [5.74, 6) is 0.844. The van der Waals surface area contributed by atoms with Crippen molar-refractivity contribution < 1.29 is 9.53 Å². The first-order chi connectivity index (χ1) is 11.6. The molecule has 1 N–H and O–H groups in total. The van der Waals surface area contributed by atoms with Crippen LogP contribution >= 0.6 is 22.7 Å². The van der Waals surface area contributed by atoms with Crippen LogP contribution in [0.2, 0.25) is 0 Å². The van der Waals surface area contributed by atoms with Crippen LogP contribution in [0.3, 0.4) is 0 Å². The van der Waals surface area contributed by atoms with Crippen molar-refractivity contribution in [2.45, 2.75) is 6.92 Å². The maximum absolute atomic E-state index is 12.2. The fourth-order valence-electron chi connectivity index (χ4n) is 2.57. The van der Waals surface area contributed by atoms with E-state index in [0.717, 1.165) is 26.8 Å². The van der Waals surface area contributed by atoms with Gasteiger partial charge in [0.1, 0.15) is 5.75 Å². The van der Waals surface area contributed by atoms with Gasteiger partial charge in [0.15, 0.2) is 10.3 Å². The number of methoxy groups -OCH3 is 1. The summed E-state index contributed by atoms with van der Waals surface area (Å²) in [4.78, 5) is 23.3. The topological polar surface area (TPSA) is 67.3 Å². The molecule has 0 bridgehead atoms.